The number of hydrogen-bond acceptors (Lipinski definition) is 3. The van der Waals surface area contributed by atoms with Crippen molar-refractivity contribution < 1.29 is 14.7 Å². The van der Waals surface area contributed by atoms with E-state index in [0.29, 0.717) is 6.42 Å². The molecule has 16 heavy (non-hydrogen) atoms. The third kappa shape index (κ3) is 4.61. The summed E-state index contributed by atoms with van der Waals surface area (Å²) in [6, 6.07) is 0.128. The molecule has 2 unspecified atom stereocenters. The first-order chi connectivity index (χ1) is 7.59. The summed E-state index contributed by atoms with van der Waals surface area (Å²) >= 11 is 0. The molecule has 0 heterocycles. The van der Waals surface area contributed by atoms with E-state index >= 15 is 0 Å². The van der Waals surface area contributed by atoms with Crippen molar-refractivity contribution in [1.82, 2.24) is 5.32 Å². The van der Waals surface area contributed by atoms with Gasteiger partial charge in [0, 0.05) is 24.9 Å². The Morgan fingerprint density at radius 2 is 1.94 bits per heavy atom. The number of nitrogens with one attached hydrogen (secondary N) is 1. The van der Waals surface area contributed by atoms with E-state index in [2.05, 4.69) is 5.32 Å². The lowest BCUT2D eigenvalue weighted by atomic mass is 9.91. The van der Waals surface area contributed by atoms with E-state index in [-0.39, 0.29) is 30.8 Å². The Kier molecular flexibility index (Phi) is 5.25. The fourth-order valence-electron chi connectivity index (χ4n) is 2.02. The smallest absolute Gasteiger partial charge is 0.303 e. The van der Waals surface area contributed by atoms with Crippen molar-refractivity contribution in [2.24, 2.45) is 5.73 Å². The topological polar surface area (TPSA) is 92.4 Å². The molecule has 0 aromatic rings. The second kappa shape index (κ2) is 6.48. The van der Waals surface area contributed by atoms with Crippen LogP contribution >= 0.6 is 0 Å². The van der Waals surface area contributed by atoms with Crippen LogP contribution in [0.15, 0.2) is 0 Å². The zero-order chi connectivity index (χ0) is 12.0. The number of carboxylic acids is 1. The Morgan fingerprint density at radius 1 is 1.25 bits per heavy atom. The fourth-order valence-corrected chi connectivity index (χ4v) is 2.02. The molecule has 0 aromatic heterocycles. The molecule has 1 amide bonds. The van der Waals surface area contributed by atoms with Gasteiger partial charge in [0.1, 0.15) is 0 Å². The summed E-state index contributed by atoms with van der Waals surface area (Å²) in [6.07, 6.45) is 4.84. The molecule has 0 aromatic carbocycles. The van der Waals surface area contributed by atoms with Crippen molar-refractivity contribution in [3.05, 3.63) is 0 Å². The second-order valence-corrected chi connectivity index (χ2v) is 4.37. The number of rotatable bonds is 5. The Bertz CT molecular complexity index is 256. The van der Waals surface area contributed by atoms with E-state index in [4.69, 9.17) is 10.8 Å². The molecule has 0 bridgehead atoms. The molecule has 2 atom stereocenters. The van der Waals surface area contributed by atoms with Crippen LogP contribution in [0, 0.1) is 0 Å². The average molecular weight is 228 g/mol. The highest BCUT2D eigenvalue weighted by Crippen LogP contribution is 2.16. The van der Waals surface area contributed by atoms with Crippen LogP contribution in [0.3, 0.4) is 0 Å². The minimum Gasteiger partial charge on any atom is -0.481 e. The van der Waals surface area contributed by atoms with Crippen LogP contribution in [0.2, 0.25) is 0 Å². The number of nitrogens with two attached hydrogens (primary N) is 1. The van der Waals surface area contributed by atoms with E-state index in [1.54, 1.807) is 0 Å². The van der Waals surface area contributed by atoms with Crippen LogP contribution in [0.4, 0.5) is 0 Å². The Hall–Kier alpha value is -1.10. The van der Waals surface area contributed by atoms with Crippen molar-refractivity contribution in [2.45, 2.75) is 57.0 Å². The number of aliphatic carboxylic acids is 1. The monoisotopic (exact) mass is 228 g/mol. The van der Waals surface area contributed by atoms with Gasteiger partial charge in [-0.05, 0) is 19.3 Å². The fraction of sp³-hybridized carbons (Fsp3) is 0.818. The predicted octanol–water partition coefficient (Wildman–Crippen LogP) is 0.627. The first-order valence-electron chi connectivity index (χ1n) is 5.86. The maximum absolute atomic E-state index is 11.5. The van der Waals surface area contributed by atoms with Crippen molar-refractivity contribution in [1.29, 1.82) is 0 Å². The van der Waals surface area contributed by atoms with Crippen molar-refractivity contribution in [2.75, 3.05) is 0 Å². The third-order valence-electron chi connectivity index (χ3n) is 2.96. The summed E-state index contributed by atoms with van der Waals surface area (Å²) in [5.74, 6) is -0.939. The summed E-state index contributed by atoms with van der Waals surface area (Å²) < 4.78 is 0. The van der Waals surface area contributed by atoms with Crippen LogP contribution in [-0.2, 0) is 9.59 Å². The van der Waals surface area contributed by atoms with Gasteiger partial charge in [0.05, 0.1) is 0 Å². The van der Waals surface area contributed by atoms with Crippen molar-refractivity contribution in [3.8, 4) is 0 Å². The zero-order valence-corrected chi connectivity index (χ0v) is 9.45. The largest absolute Gasteiger partial charge is 0.481 e. The van der Waals surface area contributed by atoms with E-state index < -0.39 is 5.97 Å². The molecule has 1 saturated carbocycles. The molecule has 1 rings (SSSR count). The second-order valence-electron chi connectivity index (χ2n) is 4.37. The summed E-state index contributed by atoms with van der Waals surface area (Å²) in [5.41, 5.74) is 5.90. The molecule has 5 heteroatoms. The SMILES string of the molecule is NC1CCCCC1NC(=O)CCCC(=O)O. The highest BCUT2D eigenvalue weighted by Gasteiger charge is 2.22. The Balaban J connectivity index is 2.19. The van der Waals surface area contributed by atoms with Crippen LogP contribution in [0.25, 0.3) is 0 Å². The summed E-state index contributed by atoms with van der Waals surface area (Å²) in [6.45, 7) is 0. The van der Waals surface area contributed by atoms with E-state index in [1.807, 2.05) is 0 Å². The minimum absolute atomic E-state index is 0.0458. The maximum Gasteiger partial charge on any atom is 0.303 e. The van der Waals surface area contributed by atoms with Gasteiger partial charge >= 0.3 is 5.97 Å². The van der Waals surface area contributed by atoms with Gasteiger partial charge in [-0.1, -0.05) is 12.8 Å². The standard InChI is InChI=1S/C11H20N2O3/c12-8-4-1-2-5-9(8)13-10(14)6-3-7-11(15)16/h8-9H,1-7,12H2,(H,13,14)(H,15,16). The number of amides is 1. The predicted molar refractivity (Wildman–Crippen MR) is 59.9 cm³/mol. The van der Waals surface area contributed by atoms with E-state index in [9.17, 15) is 9.59 Å². The molecule has 0 saturated heterocycles. The lowest BCUT2D eigenvalue weighted by Crippen LogP contribution is -2.49. The van der Waals surface area contributed by atoms with Gasteiger partial charge in [0.15, 0.2) is 0 Å². The van der Waals surface area contributed by atoms with Crippen molar-refractivity contribution in [3.63, 3.8) is 0 Å². The van der Waals surface area contributed by atoms with Crippen LogP contribution in [0.5, 0.6) is 0 Å². The van der Waals surface area contributed by atoms with Crippen molar-refractivity contribution >= 4 is 11.9 Å². The normalized spacial score (nSPS) is 25.1. The maximum atomic E-state index is 11.5. The first kappa shape index (κ1) is 13.0. The lowest BCUT2D eigenvalue weighted by molar-refractivity contribution is -0.137. The van der Waals surface area contributed by atoms with Gasteiger partial charge < -0.3 is 16.2 Å². The molecule has 1 fully saturated rings. The van der Waals surface area contributed by atoms with E-state index in [1.165, 1.54) is 0 Å². The summed E-state index contributed by atoms with van der Waals surface area (Å²) in [4.78, 5) is 21.7. The van der Waals surface area contributed by atoms with Gasteiger partial charge in [0.25, 0.3) is 0 Å². The minimum atomic E-state index is -0.859. The molecule has 0 radical (unpaired) electrons. The number of hydrogen-bond donors (Lipinski definition) is 3. The third-order valence-corrected chi connectivity index (χ3v) is 2.96. The Morgan fingerprint density at radius 3 is 2.56 bits per heavy atom. The molecule has 1 aliphatic rings. The molecule has 0 aliphatic heterocycles. The Labute approximate surface area is 95.4 Å². The molecule has 4 N–H and O–H groups in total. The zero-order valence-electron chi connectivity index (χ0n) is 9.45. The van der Waals surface area contributed by atoms with Crippen LogP contribution < -0.4 is 11.1 Å². The van der Waals surface area contributed by atoms with Gasteiger partial charge in [-0.2, -0.15) is 0 Å². The van der Waals surface area contributed by atoms with E-state index in [0.717, 1.165) is 25.7 Å². The first-order valence-corrected chi connectivity index (χ1v) is 5.86. The van der Waals surface area contributed by atoms with Crippen LogP contribution in [-0.4, -0.2) is 29.1 Å². The van der Waals surface area contributed by atoms with Gasteiger partial charge in [-0.3, -0.25) is 9.59 Å². The number of carbonyl (C=O) groups is 2. The molecular formula is C11H20N2O3. The van der Waals surface area contributed by atoms with Gasteiger partial charge in [-0.25, -0.2) is 0 Å². The van der Waals surface area contributed by atoms with Gasteiger partial charge in [0.2, 0.25) is 5.91 Å². The average Bonchev–Trinajstić information content (AvgIpc) is 2.21. The number of carbonyl (C=O) groups excluding carboxylic acids is 1. The summed E-state index contributed by atoms with van der Waals surface area (Å²) in [5, 5.41) is 11.3. The molecule has 5 nitrogen and oxygen atoms in total. The molecule has 92 valence electrons. The quantitative estimate of drug-likeness (QED) is 0.643. The summed E-state index contributed by atoms with van der Waals surface area (Å²) in [7, 11) is 0. The van der Waals surface area contributed by atoms with Crippen LogP contribution in [0.1, 0.15) is 44.9 Å². The molecule has 0 spiro atoms. The highest BCUT2D eigenvalue weighted by atomic mass is 16.4. The molecule has 1 aliphatic carbocycles. The number of carboxylic acid groups (broad SMARTS) is 1. The molecular weight excluding hydrogens is 208 g/mol. The van der Waals surface area contributed by atoms with Gasteiger partial charge in [-0.15, -0.1) is 0 Å². The lowest BCUT2D eigenvalue weighted by Gasteiger charge is -2.29. The highest BCUT2D eigenvalue weighted by molar-refractivity contribution is 5.77.